The maximum atomic E-state index is 5.56. The van der Waals surface area contributed by atoms with E-state index in [0.29, 0.717) is 6.04 Å². The van der Waals surface area contributed by atoms with Gasteiger partial charge in [0.05, 0.1) is 6.61 Å². The van der Waals surface area contributed by atoms with Crippen LogP contribution in [0.1, 0.15) is 45.4 Å². The Morgan fingerprint density at radius 1 is 1.25 bits per heavy atom. The van der Waals surface area contributed by atoms with E-state index in [1.807, 2.05) is 0 Å². The molecule has 1 heterocycles. The predicted molar refractivity (Wildman–Crippen MR) is 67.5 cm³/mol. The summed E-state index contributed by atoms with van der Waals surface area (Å²) in [6.45, 7) is 4.33. The van der Waals surface area contributed by atoms with Crippen LogP contribution in [0.5, 0.6) is 0 Å². The van der Waals surface area contributed by atoms with Gasteiger partial charge in [0.25, 0.3) is 0 Å². The highest BCUT2D eigenvalue weighted by atomic mass is 16.5. The summed E-state index contributed by atoms with van der Waals surface area (Å²) in [6.07, 6.45) is 8.39. The van der Waals surface area contributed by atoms with E-state index in [4.69, 9.17) is 4.74 Å². The van der Waals surface area contributed by atoms with Crippen LogP contribution in [-0.2, 0) is 4.74 Å². The van der Waals surface area contributed by atoms with Crippen LogP contribution in [0.4, 0.5) is 0 Å². The molecular formula is C14H27NO. The minimum absolute atomic E-state index is 0.702. The smallest absolute Gasteiger partial charge is 0.0510 e. The Balaban J connectivity index is 1.99. The van der Waals surface area contributed by atoms with E-state index in [9.17, 15) is 0 Å². The van der Waals surface area contributed by atoms with Crippen molar-refractivity contribution in [2.24, 2.45) is 17.8 Å². The van der Waals surface area contributed by atoms with Crippen molar-refractivity contribution in [2.75, 3.05) is 20.3 Å². The third kappa shape index (κ3) is 2.60. The summed E-state index contributed by atoms with van der Waals surface area (Å²) in [6, 6.07) is 0.702. The largest absolute Gasteiger partial charge is 0.381 e. The maximum absolute atomic E-state index is 5.56. The highest BCUT2D eigenvalue weighted by Crippen LogP contribution is 2.37. The van der Waals surface area contributed by atoms with Crippen molar-refractivity contribution < 1.29 is 4.74 Å². The van der Waals surface area contributed by atoms with E-state index in [1.54, 1.807) is 0 Å². The topological polar surface area (TPSA) is 21.3 Å². The molecule has 1 aliphatic carbocycles. The van der Waals surface area contributed by atoms with Crippen molar-refractivity contribution in [2.45, 2.75) is 51.5 Å². The van der Waals surface area contributed by atoms with Crippen molar-refractivity contribution in [3.8, 4) is 0 Å². The molecule has 2 rings (SSSR count). The fourth-order valence-electron chi connectivity index (χ4n) is 3.85. The molecule has 0 bridgehead atoms. The molecule has 0 aromatic carbocycles. The van der Waals surface area contributed by atoms with Gasteiger partial charge in [-0.25, -0.2) is 0 Å². The van der Waals surface area contributed by atoms with Gasteiger partial charge in [-0.05, 0) is 31.7 Å². The fourth-order valence-corrected chi connectivity index (χ4v) is 3.85. The first-order chi connectivity index (χ1) is 7.86. The number of hydrogen-bond donors (Lipinski definition) is 1. The molecule has 2 fully saturated rings. The molecule has 0 spiro atoms. The lowest BCUT2D eigenvalue weighted by molar-refractivity contribution is 0.123. The summed E-state index contributed by atoms with van der Waals surface area (Å²) in [5.74, 6) is 2.62. The minimum atomic E-state index is 0.702. The lowest BCUT2D eigenvalue weighted by atomic mass is 9.71. The third-order valence-corrected chi connectivity index (χ3v) is 4.76. The van der Waals surface area contributed by atoms with Crippen molar-refractivity contribution in [3.05, 3.63) is 0 Å². The number of hydrogen-bond acceptors (Lipinski definition) is 2. The molecule has 1 saturated heterocycles. The molecule has 1 saturated carbocycles. The van der Waals surface area contributed by atoms with Gasteiger partial charge in [0.2, 0.25) is 0 Å². The zero-order valence-corrected chi connectivity index (χ0v) is 10.9. The molecule has 94 valence electrons. The second-order valence-electron chi connectivity index (χ2n) is 5.55. The quantitative estimate of drug-likeness (QED) is 0.794. The van der Waals surface area contributed by atoms with Gasteiger partial charge in [-0.3, -0.25) is 0 Å². The fraction of sp³-hybridized carbons (Fsp3) is 1.00. The van der Waals surface area contributed by atoms with Crippen molar-refractivity contribution in [1.29, 1.82) is 0 Å². The molecule has 0 radical (unpaired) electrons. The second-order valence-corrected chi connectivity index (χ2v) is 5.55. The monoisotopic (exact) mass is 225 g/mol. The summed E-state index contributed by atoms with van der Waals surface area (Å²) >= 11 is 0. The Bertz CT molecular complexity index is 199. The van der Waals surface area contributed by atoms with Gasteiger partial charge in [-0.2, -0.15) is 0 Å². The zero-order chi connectivity index (χ0) is 11.4. The maximum Gasteiger partial charge on any atom is 0.0510 e. The van der Waals surface area contributed by atoms with Crippen LogP contribution in [0, 0.1) is 17.8 Å². The average molecular weight is 225 g/mol. The standard InChI is InChI=1S/C14H27NO/c1-3-11-6-4-5-7-13(11)14(15-2)12-8-9-16-10-12/h11-15H,3-10H2,1-2H3. The van der Waals surface area contributed by atoms with E-state index in [-0.39, 0.29) is 0 Å². The Hall–Kier alpha value is -0.0800. The molecular weight excluding hydrogens is 198 g/mol. The summed E-state index contributed by atoms with van der Waals surface area (Å²) < 4.78 is 5.56. The van der Waals surface area contributed by atoms with Gasteiger partial charge in [-0.1, -0.05) is 32.6 Å². The molecule has 16 heavy (non-hydrogen) atoms. The van der Waals surface area contributed by atoms with Gasteiger partial charge in [0.1, 0.15) is 0 Å². The van der Waals surface area contributed by atoms with Gasteiger partial charge >= 0.3 is 0 Å². The van der Waals surface area contributed by atoms with E-state index in [1.165, 1.54) is 38.5 Å². The summed E-state index contributed by atoms with van der Waals surface area (Å²) in [5, 5.41) is 3.60. The summed E-state index contributed by atoms with van der Waals surface area (Å²) in [7, 11) is 2.14. The number of nitrogens with one attached hydrogen (secondary N) is 1. The SMILES string of the molecule is CCC1CCCCC1C(NC)C1CCOC1. The predicted octanol–water partition coefficient (Wildman–Crippen LogP) is 2.83. The zero-order valence-electron chi connectivity index (χ0n) is 10.9. The van der Waals surface area contributed by atoms with Crippen LogP contribution in [0.2, 0.25) is 0 Å². The Labute approximate surface area is 100 Å². The number of ether oxygens (including phenoxy) is 1. The molecule has 1 aliphatic heterocycles. The van der Waals surface area contributed by atoms with Crippen molar-refractivity contribution in [1.82, 2.24) is 5.32 Å². The Morgan fingerprint density at radius 2 is 2.06 bits per heavy atom. The lowest BCUT2D eigenvalue weighted by Gasteiger charge is -2.39. The first-order valence-electron chi connectivity index (χ1n) is 7.11. The number of rotatable bonds is 4. The third-order valence-electron chi connectivity index (χ3n) is 4.76. The molecule has 2 aliphatic rings. The molecule has 4 atom stereocenters. The molecule has 0 aromatic rings. The van der Waals surface area contributed by atoms with Crippen molar-refractivity contribution in [3.63, 3.8) is 0 Å². The lowest BCUT2D eigenvalue weighted by Crippen LogP contribution is -2.44. The van der Waals surface area contributed by atoms with Crippen molar-refractivity contribution >= 4 is 0 Å². The van der Waals surface area contributed by atoms with Crippen LogP contribution in [0.3, 0.4) is 0 Å². The normalized spacial score (nSPS) is 37.5. The van der Waals surface area contributed by atoms with Gasteiger partial charge in [-0.15, -0.1) is 0 Å². The molecule has 0 aromatic heterocycles. The van der Waals surface area contributed by atoms with E-state index in [0.717, 1.165) is 31.0 Å². The molecule has 4 unspecified atom stereocenters. The van der Waals surface area contributed by atoms with Crippen LogP contribution in [-0.4, -0.2) is 26.3 Å². The van der Waals surface area contributed by atoms with Crippen LogP contribution < -0.4 is 5.32 Å². The second kappa shape index (κ2) is 6.02. The molecule has 2 nitrogen and oxygen atoms in total. The van der Waals surface area contributed by atoms with Gasteiger partial charge < -0.3 is 10.1 Å². The molecule has 2 heteroatoms. The Morgan fingerprint density at radius 3 is 2.69 bits per heavy atom. The summed E-state index contributed by atoms with van der Waals surface area (Å²) in [4.78, 5) is 0. The Kier molecular flexibility index (Phi) is 4.66. The van der Waals surface area contributed by atoms with E-state index < -0.39 is 0 Å². The first-order valence-corrected chi connectivity index (χ1v) is 7.11. The van der Waals surface area contributed by atoms with Gasteiger partial charge in [0.15, 0.2) is 0 Å². The highest BCUT2D eigenvalue weighted by molar-refractivity contribution is 4.89. The molecule has 0 amide bonds. The van der Waals surface area contributed by atoms with Crippen LogP contribution >= 0.6 is 0 Å². The highest BCUT2D eigenvalue weighted by Gasteiger charge is 2.35. The van der Waals surface area contributed by atoms with E-state index >= 15 is 0 Å². The van der Waals surface area contributed by atoms with Crippen LogP contribution in [0.15, 0.2) is 0 Å². The van der Waals surface area contributed by atoms with E-state index in [2.05, 4.69) is 19.3 Å². The van der Waals surface area contributed by atoms with Gasteiger partial charge in [0, 0.05) is 18.6 Å². The average Bonchev–Trinajstić information content (AvgIpc) is 2.84. The minimum Gasteiger partial charge on any atom is -0.381 e. The first kappa shape index (κ1) is 12.4. The molecule has 1 N–H and O–H groups in total. The van der Waals surface area contributed by atoms with Crippen LogP contribution in [0.25, 0.3) is 0 Å². The summed E-state index contributed by atoms with van der Waals surface area (Å²) in [5.41, 5.74) is 0.